The minimum atomic E-state index is -0.538. The topological polar surface area (TPSA) is 102 Å². The molecule has 0 aliphatic heterocycles. The SMILES string of the molecule is COCC(CCO)NC(=O)c1ccc(C(N)=O)cc1. The van der Waals surface area contributed by atoms with Gasteiger partial charge in [0.15, 0.2) is 0 Å². The molecule has 0 aliphatic carbocycles. The third-order valence-corrected chi connectivity index (χ3v) is 2.61. The van der Waals surface area contributed by atoms with Crippen LogP contribution in [0.15, 0.2) is 24.3 Å². The molecule has 0 fully saturated rings. The number of ether oxygens (including phenoxy) is 1. The van der Waals surface area contributed by atoms with E-state index < -0.39 is 5.91 Å². The molecule has 19 heavy (non-hydrogen) atoms. The maximum atomic E-state index is 11.9. The predicted molar refractivity (Wildman–Crippen MR) is 69.8 cm³/mol. The number of nitrogens with two attached hydrogens (primary N) is 1. The van der Waals surface area contributed by atoms with Crippen LogP contribution >= 0.6 is 0 Å². The van der Waals surface area contributed by atoms with Crippen molar-refractivity contribution in [3.63, 3.8) is 0 Å². The van der Waals surface area contributed by atoms with Crippen molar-refractivity contribution in [3.05, 3.63) is 35.4 Å². The molecule has 1 aromatic carbocycles. The molecule has 0 radical (unpaired) electrons. The van der Waals surface area contributed by atoms with Gasteiger partial charge >= 0.3 is 0 Å². The fourth-order valence-corrected chi connectivity index (χ4v) is 1.61. The summed E-state index contributed by atoms with van der Waals surface area (Å²) in [6.07, 6.45) is 0.416. The Morgan fingerprint density at radius 3 is 2.37 bits per heavy atom. The average Bonchev–Trinajstić information content (AvgIpc) is 2.39. The summed E-state index contributed by atoms with van der Waals surface area (Å²) >= 11 is 0. The monoisotopic (exact) mass is 266 g/mol. The first-order chi connectivity index (χ1) is 9.08. The van der Waals surface area contributed by atoms with Crippen LogP contribution in [0.5, 0.6) is 0 Å². The molecular weight excluding hydrogens is 248 g/mol. The van der Waals surface area contributed by atoms with Crippen molar-refractivity contribution in [1.82, 2.24) is 5.32 Å². The maximum Gasteiger partial charge on any atom is 0.251 e. The van der Waals surface area contributed by atoms with E-state index in [4.69, 9.17) is 15.6 Å². The van der Waals surface area contributed by atoms with E-state index in [2.05, 4.69) is 5.32 Å². The first-order valence-electron chi connectivity index (χ1n) is 5.89. The largest absolute Gasteiger partial charge is 0.396 e. The number of aliphatic hydroxyl groups excluding tert-OH is 1. The second kappa shape index (κ2) is 7.50. The Balaban J connectivity index is 2.68. The van der Waals surface area contributed by atoms with Gasteiger partial charge in [-0.3, -0.25) is 9.59 Å². The predicted octanol–water partition coefficient (Wildman–Crippen LogP) is -0.0873. The first-order valence-corrected chi connectivity index (χ1v) is 5.89. The summed E-state index contributed by atoms with van der Waals surface area (Å²) in [6.45, 7) is 0.292. The third-order valence-electron chi connectivity index (χ3n) is 2.61. The Kier molecular flexibility index (Phi) is 5.98. The summed E-state index contributed by atoms with van der Waals surface area (Å²) in [5.74, 6) is -0.823. The number of nitrogens with one attached hydrogen (secondary N) is 1. The van der Waals surface area contributed by atoms with E-state index in [1.54, 1.807) is 0 Å². The van der Waals surface area contributed by atoms with E-state index in [1.165, 1.54) is 31.4 Å². The molecule has 104 valence electrons. The van der Waals surface area contributed by atoms with Crippen molar-refractivity contribution in [1.29, 1.82) is 0 Å². The Labute approximate surface area is 111 Å². The van der Waals surface area contributed by atoms with Crippen molar-refractivity contribution >= 4 is 11.8 Å². The van der Waals surface area contributed by atoms with E-state index in [1.807, 2.05) is 0 Å². The van der Waals surface area contributed by atoms with Gasteiger partial charge in [0.25, 0.3) is 5.91 Å². The van der Waals surface area contributed by atoms with E-state index >= 15 is 0 Å². The first kappa shape index (κ1) is 15.1. The van der Waals surface area contributed by atoms with Gasteiger partial charge in [-0.2, -0.15) is 0 Å². The molecule has 4 N–H and O–H groups in total. The maximum absolute atomic E-state index is 11.9. The molecular formula is C13H18N2O4. The van der Waals surface area contributed by atoms with Crippen LogP contribution in [0, 0.1) is 0 Å². The van der Waals surface area contributed by atoms with Crippen LogP contribution in [0.25, 0.3) is 0 Å². The summed E-state index contributed by atoms with van der Waals surface area (Å²) < 4.78 is 4.96. The summed E-state index contributed by atoms with van der Waals surface area (Å²) in [5.41, 5.74) is 5.88. The molecule has 0 saturated carbocycles. The van der Waals surface area contributed by atoms with Crippen molar-refractivity contribution in [2.75, 3.05) is 20.3 Å². The molecule has 0 aliphatic rings. The standard InChI is InChI=1S/C13H18N2O4/c1-19-8-11(6-7-16)15-13(18)10-4-2-9(3-5-10)12(14)17/h2-5,11,16H,6-8H2,1H3,(H2,14,17)(H,15,18). The molecule has 0 saturated heterocycles. The van der Waals surface area contributed by atoms with Crippen molar-refractivity contribution in [3.8, 4) is 0 Å². The van der Waals surface area contributed by atoms with Crippen LogP contribution in [-0.4, -0.2) is 43.3 Å². The number of hydrogen-bond donors (Lipinski definition) is 3. The minimum absolute atomic E-state index is 0.0328. The van der Waals surface area contributed by atoms with Crippen molar-refractivity contribution in [2.24, 2.45) is 5.73 Å². The van der Waals surface area contributed by atoms with Crippen LogP contribution in [0.3, 0.4) is 0 Å². The highest BCUT2D eigenvalue weighted by atomic mass is 16.5. The van der Waals surface area contributed by atoms with Gasteiger partial charge in [0.05, 0.1) is 12.6 Å². The average molecular weight is 266 g/mol. The van der Waals surface area contributed by atoms with E-state index in [0.29, 0.717) is 24.2 Å². The van der Waals surface area contributed by atoms with Gasteiger partial charge in [0.2, 0.25) is 5.91 Å². The number of aliphatic hydroxyl groups is 1. The molecule has 2 amide bonds. The molecule has 1 atom stereocenters. The highest BCUT2D eigenvalue weighted by molar-refractivity contribution is 5.97. The highest BCUT2D eigenvalue weighted by Crippen LogP contribution is 2.05. The van der Waals surface area contributed by atoms with Gasteiger partial charge in [-0.05, 0) is 30.7 Å². The van der Waals surface area contributed by atoms with Crippen LogP contribution < -0.4 is 11.1 Å². The molecule has 1 aromatic rings. The van der Waals surface area contributed by atoms with Gasteiger partial charge in [-0.15, -0.1) is 0 Å². The van der Waals surface area contributed by atoms with Gasteiger partial charge < -0.3 is 20.9 Å². The number of hydrogen-bond acceptors (Lipinski definition) is 4. The van der Waals surface area contributed by atoms with Crippen LogP contribution in [0.1, 0.15) is 27.1 Å². The van der Waals surface area contributed by atoms with Crippen LogP contribution in [0.4, 0.5) is 0 Å². The zero-order chi connectivity index (χ0) is 14.3. The zero-order valence-electron chi connectivity index (χ0n) is 10.8. The molecule has 1 rings (SSSR count). The van der Waals surface area contributed by atoms with Gasteiger partial charge in [0.1, 0.15) is 0 Å². The second-order valence-corrected chi connectivity index (χ2v) is 4.08. The molecule has 0 bridgehead atoms. The van der Waals surface area contributed by atoms with Crippen molar-refractivity contribution in [2.45, 2.75) is 12.5 Å². The molecule has 1 unspecified atom stereocenters. The van der Waals surface area contributed by atoms with E-state index in [-0.39, 0.29) is 18.6 Å². The lowest BCUT2D eigenvalue weighted by Gasteiger charge is -2.16. The van der Waals surface area contributed by atoms with E-state index in [0.717, 1.165) is 0 Å². The zero-order valence-corrected chi connectivity index (χ0v) is 10.8. The molecule has 0 heterocycles. The van der Waals surface area contributed by atoms with E-state index in [9.17, 15) is 9.59 Å². The Morgan fingerprint density at radius 1 is 1.32 bits per heavy atom. The number of benzene rings is 1. The third kappa shape index (κ3) is 4.69. The number of carbonyl (C=O) groups is 2. The normalized spacial score (nSPS) is 11.9. The summed E-state index contributed by atoms with van der Waals surface area (Å²) in [4.78, 5) is 22.8. The number of primary amides is 1. The summed E-state index contributed by atoms with van der Waals surface area (Å²) in [6, 6.07) is 5.79. The lowest BCUT2D eigenvalue weighted by molar-refractivity contribution is 0.0877. The lowest BCUT2D eigenvalue weighted by atomic mass is 10.1. The lowest BCUT2D eigenvalue weighted by Crippen LogP contribution is -2.38. The Hall–Kier alpha value is -1.92. The second-order valence-electron chi connectivity index (χ2n) is 4.08. The van der Waals surface area contributed by atoms with Crippen LogP contribution in [0.2, 0.25) is 0 Å². The fourth-order valence-electron chi connectivity index (χ4n) is 1.61. The van der Waals surface area contributed by atoms with Gasteiger partial charge in [-0.25, -0.2) is 0 Å². The molecule has 0 aromatic heterocycles. The van der Waals surface area contributed by atoms with Crippen LogP contribution in [-0.2, 0) is 4.74 Å². The smallest absolute Gasteiger partial charge is 0.251 e. The number of amides is 2. The van der Waals surface area contributed by atoms with Gasteiger partial charge in [-0.1, -0.05) is 0 Å². The minimum Gasteiger partial charge on any atom is -0.396 e. The summed E-state index contributed by atoms with van der Waals surface area (Å²) in [5, 5.41) is 11.6. The molecule has 6 nitrogen and oxygen atoms in total. The summed E-state index contributed by atoms with van der Waals surface area (Å²) in [7, 11) is 1.53. The molecule has 6 heteroatoms. The Bertz CT molecular complexity index is 425. The molecule has 0 spiro atoms. The number of rotatable bonds is 7. The fraction of sp³-hybridized carbons (Fsp3) is 0.385. The Morgan fingerprint density at radius 2 is 1.89 bits per heavy atom. The quantitative estimate of drug-likeness (QED) is 0.642. The van der Waals surface area contributed by atoms with Gasteiger partial charge in [0, 0.05) is 24.8 Å². The number of carbonyl (C=O) groups excluding carboxylic acids is 2. The van der Waals surface area contributed by atoms with Crippen molar-refractivity contribution < 1.29 is 19.4 Å². The highest BCUT2D eigenvalue weighted by Gasteiger charge is 2.13. The number of methoxy groups -OCH3 is 1.